The maximum absolute atomic E-state index is 3.43. The van der Waals surface area contributed by atoms with Gasteiger partial charge in [0.2, 0.25) is 0 Å². The molecule has 3 aliphatic rings. The first-order valence-corrected chi connectivity index (χ1v) is 22.8. The molecule has 2 aromatic carbocycles. The minimum absolute atomic E-state index is 0.657. The summed E-state index contributed by atoms with van der Waals surface area (Å²) in [6, 6.07) is 18.2. The van der Waals surface area contributed by atoms with E-state index in [0.717, 1.165) is 0 Å². The molecule has 0 saturated heterocycles. The zero-order valence-electron chi connectivity index (χ0n) is 15.2. The summed E-state index contributed by atoms with van der Waals surface area (Å²) in [5.41, 5.74) is 6.10. The molecule has 0 heterocycles. The van der Waals surface area contributed by atoms with E-state index in [0.29, 0.717) is 7.35 Å². The second-order valence-electron chi connectivity index (χ2n) is 9.00. The van der Waals surface area contributed by atoms with Gasteiger partial charge in [0.15, 0.2) is 0 Å². The summed E-state index contributed by atoms with van der Waals surface area (Å²) in [6.07, 6.45) is 14.1. The van der Waals surface area contributed by atoms with Crippen molar-refractivity contribution in [3.8, 4) is 0 Å². The molecule has 3 aliphatic carbocycles. The molecule has 1 heteroatoms. The number of benzene rings is 2. The molecule has 126 valence electrons. The van der Waals surface area contributed by atoms with Gasteiger partial charge in [-0.1, -0.05) is 0 Å². The van der Waals surface area contributed by atoms with Crippen LogP contribution in [0.15, 0.2) is 60.7 Å². The molecule has 25 heavy (non-hydrogen) atoms. The SMILES string of the molecule is [CH3][Hf]([CH3])(=[C]1CCC1)([CH]1C=Cc2ccccc21)[CH]1C=Cc2ccccc21. The van der Waals surface area contributed by atoms with E-state index in [4.69, 9.17) is 0 Å². The van der Waals surface area contributed by atoms with E-state index in [-0.39, 0.29) is 0 Å². The van der Waals surface area contributed by atoms with Crippen LogP contribution < -0.4 is 0 Å². The molecule has 2 atom stereocenters. The van der Waals surface area contributed by atoms with E-state index in [1.807, 2.05) is 3.26 Å². The molecule has 0 bridgehead atoms. The van der Waals surface area contributed by atoms with Crippen LogP contribution in [-0.4, -0.2) is 3.26 Å². The van der Waals surface area contributed by atoms with Gasteiger partial charge in [-0.15, -0.1) is 0 Å². The predicted octanol–water partition coefficient (Wildman–Crippen LogP) is 6.66. The normalized spacial score (nSPS) is 24.2. The van der Waals surface area contributed by atoms with Crippen molar-refractivity contribution < 1.29 is 18.0 Å². The molecular weight excluding hydrogens is 467 g/mol. The van der Waals surface area contributed by atoms with Crippen LogP contribution in [0.4, 0.5) is 0 Å². The van der Waals surface area contributed by atoms with Crippen molar-refractivity contribution in [3.63, 3.8) is 0 Å². The van der Waals surface area contributed by atoms with E-state index in [2.05, 4.69) is 82.2 Å². The Labute approximate surface area is 151 Å². The van der Waals surface area contributed by atoms with Crippen LogP contribution in [-0.2, 0) is 18.0 Å². The Bertz CT molecular complexity index is 923. The zero-order chi connectivity index (χ0) is 17.1. The predicted molar refractivity (Wildman–Crippen MR) is 107 cm³/mol. The van der Waals surface area contributed by atoms with Gasteiger partial charge < -0.3 is 0 Å². The van der Waals surface area contributed by atoms with Gasteiger partial charge in [0.25, 0.3) is 0 Å². The summed E-state index contributed by atoms with van der Waals surface area (Å²) in [5.74, 6) is 0. The molecule has 0 N–H and O–H groups in total. The van der Waals surface area contributed by atoms with Crippen molar-refractivity contribution in [1.82, 2.24) is 0 Å². The fraction of sp³-hybridized carbons (Fsp3) is 0.292. The molecule has 2 unspecified atom stereocenters. The third-order valence-electron chi connectivity index (χ3n) is 7.59. The third kappa shape index (κ3) is 2.05. The van der Waals surface area contributed by atoms with Gasteiger partial charge in [-0.05, 0) is 0 Å². The van der Waals surface area contributed by atoms with Crippen molar-refractivity contribution in [3.05, 3.63) is 82.9 Å². The first-order chi connectivity index (χ1) is 12.1. The second-order valence-corrected chi connectivity index (χ2v) is 34.8. The number of allylic oxidation sites excluding steroid dienone is 2. The summed E-state index contributed by atoms with van der Waals surface area (Å²) < 4.78 is 8.81. The van der Waals surface area contributed by atoms with Gasteiger partial charge in [0.05, 0.1) is 0 Å². The quantitative estimate of drug-likeness (QED) is 0.411. The first kappa shape index (κ1) is 15.9. The van der Waals surface area contributed by atoms with E-state index in [1.165, 1.54) is 30.4 Å². The van der Waals surface area contributed by atoms with E-state index in [9.17, 15) is 0 Å². The summed E-state index contributed by atoms with van der Waals surface area (Å²) in [7, 11) is 0. The number of hydrogen-bond donors (Lipinski definition) is 0. The van der Waals surface area contributed by atoms with Gasteiger partial charge in [0, 0.05) is 0 Å². The van der Waals surface area contributed by atoms with Gasteiger partial charge >= 0.3 is 152 Å². The summed E-state index contributed by atoms with van der Waals surface area (Å²) in [5, 5.41) is 0. The number of fused-ring (bicyclic) bond motifs is 2. The monoisotopic (exact) mass is 494 g/mol. The average Bonchev–Trinajstić information content (AvgIpc) is 3.18. The molecule has 5 rings (SSSR count). The van der Waals surface area contributed by atoms with Crippen molar-refractivity contribution >= 4 is 15.4 Å². The van der Waals surface area contributed by atoms with Gasteiger partial charge in [0.1, 0.15) is 0 Å². The summed E-state index contributed by atoms with van der Waals surface area (Å²) >= 11 is -3.43. The first-order valence-electron chi connectivity index (χ1n) is 9.68. The maximum atomic E-state index is 2.76. The Hall–Kier alpha value is -1.34. The van der Waals surface area contributed by atoms with Crippen LogP contribution in [0.3, 0.4) is 0 Å². The number of hydrogen-bond acceptors (Lipinski definition) is 0. The molecule has 0 aromatic heterocycles. The van der Waals surface area contributed by atoms with Crippen molar-refractivity contribution in [1.29, 1.82) is 0 Å². The molecule has 0 spiro atoms. The molecule has 0 radical (unpaired) electrons. The molecule has 2 aromatic rings. The Morgan fingerprint density at radius 2 is 1.20 bits per heavy atom. The standard InChI is InChI=1S/2C9H7.C4H6.2CH3.Hf/c2*1-2-5-9-7-3-6-8(9)4-1;1-2-4-3-1;;;/h2*1-7H;1-3H2;2*1H3;. The molecular formula is C24H26Hf. The van der Waals surface area contributed by atoms with E-state index >= 15 is 0 Å². The van der Waals surface area contributed by atoms with Gasteiger partial charge in [-0.2, -0.15) is 0 Å². The number of rotatable bonds is 2. The Morgan fingerprint density at radius 3 is 1.64 bits per heavy atom. The summed E-state index contributed by atoms with van der Waals surface area (Å²) in [4.78, 5) is 0. The van der Waals surface area contributed by atoms with Crippen LogP contribution in [0.5, 0.6) is 0 Å². The summed E-state index contributed by atoms with van der Waals surface area (Å²) in [6.45, 7) is 0. The Kier molecular flexibility index (Phi) is 3.39. The van der Waals surface area contributed by atoms with Crippen LogP contribution in [0, 0.1) is 0 Å². The van der Waals surface area contributed by atoms with E-state index in [1.54, 1.807) is 11.1 Å². The zero-order valence-corrected chi connectivity index (χ0v) is 18.8. The molecule has 0 amide bonds. The van der Waals surface area contributed by atoms with Crippen molar-refractivity contribution in [2.45, 2.75) is 36.0 Å². The molecule has 1 fully saturated rings. The Morgan fingerprint density at radius 1 is 0.720 bits per heavy atom. The molecule has 0 nitrogen and oxygen atoms in total. The Balaban J connectivity index is 1.78. The van der Waals surface area contributed by atoms with Crippen LogP contribution in [0.1, 0.15) is 48.9 Å². The fourth-order valence-corrected chi connectivity index (χ4v) is 31.0. The second kappa shape index (κ2) is 5.33. The average molecular weight is 493 g/mol. The van der Waals surface area contributed by atoms with Crippen LogP contribution in [0.2, 0.25) is 9.36 Å². The fourth-order valence-electron chi connectivity index (χ4n) is 5.82. The molecule has 1 saturated carbocycles. The van der Waals surface area contributed by atoms with Gasteiger partial charge in [-0.25, -0.2) is 0 Å². The topological polar surface area (TPSA) is 0 Å². The van der Waals surface area contributed by atoms with Crippen molar-refractivity contribution in [2.24, 2.45) is 0 Å². The minimum atomic E-state index is -3.43. The molecule has 0 aliphatic heterocycles. The van der Waals surface area contributed by atoms with Crippen LogP contribution in [0.25, 0.3) is 12.2 Å². The van der Waals surface area contributed by atoms with Gasteiger partial charge in [-0.3, -0.25) is 0 Å². The van der Waals surface area contributed by atoms with E-state index < -0.39 is 18.0 Å². The van der Waals surface area contributed by atoms with Crippen LogP contribution >= 0.6 is 0 Å². The van der Waals surface area contributed by atoms with Crippen molar-refractivity contribution in [2.75, 3.05) is 0 Å². The third-order valence-corrected chi connectivity index (χ3v) is 34.8.